The summed E-state index contributed by atoms with van der Waals surface area (Å²) in [5.74, 6) is 0. The molecule has 0 heterocycles. The molecule has 0 N–H and O–H groups in total. The predicted octanol–water partition coefficient (Wildman–Crippen LogP) is 3.32. The molecule has 0 spiro atoms. The van der Waals surface area contributed by atoms with Crippen molar-refractivity contribution in [1.29, 1.82) is 0 Å². The Hall–Kier alpha value is 0.190. The third-order valence-corrected chi connectivity index (χ3v) is 4.62. The number of benzene rings is 1. The van der Waals surface area contributed by atoms with Crippen molar-refractivity contribution in [3.63, 3.8) is 0 Å². The zero-order valence-electron chi connectivity index (χ0n) is 7.38. The highest BCUT2D eigenvalue weighted by Crippen LogP contribution is 2.42. The third-order valence-electron chi connectivity index (χ3n) is 1.69. The van der Waals surface area contributed by atoms with E-state index in [2.05, 4.69) is 0 Å². The van der Waals surface area contributed by atoms with Gasteiger partial charge < -0.3 is 0 Å². The summed E-state index contributed by atoms with van der Waals surface area (Å²) >= 11 is 16.6. The van der Waals surface area contributed by atoms with Crippen LogP contribution in [0.3, 0.4) is 0 Å². The summed E-state index contributed by atoms with van der Waals surface area (Å²) < 4.78 is -1.81. The molecule has 1 aromatic rings. The molecule has 0 aromatic heterocycles. The molecule has 0 aliphatic carbocycles. The van der Waals surface area contributed by atoms with E-state index < -0.39 is 11.7 Å². The number of rotatable bonds is 2. The van der Waals surface area contributed by atoms with E-state index in [4.69, 9.17) is 34.8 Å². The maximum absolute atomic E-state index is 11.6. The van der Waals surface area contributed by atoms with Crippen molar-refractivity contribution < 1.29 is 4.79 Å². The second-order valence-electron chi connectivity index (χ2n) is 2.70. The predicted molar refractivity (Wildman–Crippen MR) is 64.2 cm³/mol. The van der Waals surface area contributed by atoms with Gasteiger partial charge in [0.2, 0.25) is 5.52 Å². The van der Waals surface area contributed by atoms with Crippen LogP contribution in [-0.2, 0) is 4.79 Å². The van der Waals surface area contributed by atoms with Gasteiger partial charge in [-0.15, -0.1) is 0 Å². The molecule has 1 unspecified atom stereocenters. The zero-order chi connectivity index (χ0) is 10.8. The quantitative estimate of drug-likeness (QED) is 0.594. The molecular formula is C9H8Cl3OP. The summed E-state index contributed by atoms with van der Waals surface area (Å²) in [7, 11) is -1.06. The van der Waals surface area contributed by atoms with Crippen LogP contribution in [0, 0.1) is 0 Å². The first-order chi connectivity index (χ1) is 6.43. The van der Waals surface area contributed by atoms with E-state index >= 15 is 0 Å². The Morgan fingerprint density at radius 2 is 1.71 bits per heavy atom. The van der Waals surface area contributed by atoms with Crippen molar-refractivity contribution in [1.82, 2.24) is 0 Å². The first-order valence-electron chi connectivity index (χ1n) is 3.83. The van der Waals surface area contributed by atoms with Crippen LogP contribution in [0.5, 0.6) is 0 Å². The number of hydrogen-bond donors (Lipinski definition) is 0. The highest BCUT2D eigenvalue weighted by Gasteiger charge is 2.34. The number of carbonyl (C=O) groups is 1. The molecule has 1 rings (SSSR count). The molecule has 1 atom stereocenters. The lowest BCUT2D eigenvalue weighted by Gasteiger charge is -2.16. The lowest BCUT2D eigenvalue weighted by molar-refractivity contribution is -0.110. The SMILES string of the molecule is CP(C(=O)C(Cl)(Cl)Cl)c1ccccc1. The fourth-order valence-corrected chi connectivity index (χ4v) is 3.33. The van der Waals surface area contributed by atoms with Gasteiger partial charge in [-0.25, -0.2) is 0 Å². The smallest absolute Gasteiger partial charge is 0.253 e. The van der Waals surface area contributed by atoms with Crippen molar-refractivity contribution in [3.05, 3.63) is 30.3 Å². The second kappa shape index (κ2) is 4.81. The molecule has 1 nitrogen and oxygen atoms in total. The molecule has 0 aliphatic heterocycles. The zero-order valence-corrected chi connectivity index (χ0v) is 10.5. The van der Waals surface area contributed by atoms with Crippen LogP contribution >= 0.6 is 42.7 Å². The van der Waals surface area contributed by atoms with Gasteiger partial charge in [-0.2, -0.15) is 0 Å². The van der Waals surface area contributed by atoms with Crippen LogP contribution in [0.15, 0.2) is 30.3 Å². The lowest BCUT2D eigenvalue weighted by Crippen LogP contribution is -2.20. The van der Waals surface area contributed by atoms with E-state index in [9.17, 15) is 4.79 Å². The molecule has 0 amide bonds. The van der Waals surface area contributed by atoms with Crippen LogP contribution in [-0.4, -0.2) is 16.0 Å². The van der Waals surface area contributed by atoms with Gasteiger partial charge in [-0.05, 0) is 19.9 Å². The van der Waals surface area contributed by atoms with Crippen molar-refractivity contribution >= 4 is 53.6 Å². The van der Waals surface area contributed by atoms with Crippen LogP contribution in [0.25, 0.3) is 0 Å². The molecule has 0 fully saturated rings. The van der Waals surface area contributed by atoms with Crippen LogP contribution < -0.4 is 5.30 Å². The van der Waals surface area contributed by atoms with Gasteiger partial charge in [0.25, 0.3) is 3.79 Å². The van der Waals surface area contributed by atoms with Gasteiger partial charge in [0.15, 0.2) is 0 Å². The van der Waals surface area contributed by atoms with Crippen LogP contribution in [0.1, 0.15) is 0 Å². The minimum absolute atomic E-state index is 0.344. The van der Waals surface area contributed by atoms with E-state index in [0.717, 1.165) is 5.30 Å². The van der Waals surface area contributed by atoms with Gasteiger partial charge in [0.1, 0.15) is 0 Å². The Morgan fingerprint density at radius 1 is 1.21 bits per heavy atom. The Labute approximate surface area is 99.1 Å². The Bertz CT molecular complexity index is 321. The molecular weight excluding hydrogens is 261 g/mol. The summed E-state index contributed by atoms with van der Waals surface area (Å²) in [4.78, 5) is 11.6. The summed E-state index contributed by atoms with van der Waals surface area (Å²) in [6, 6.07) is 9.33. The van der Waals surface area contributed by atoms with E-state index in [1.165, 1.54) is 0 Å². The maximum Gasteiger partial charge on any atom is 0.253 e. The Kier molecular flexibility index (Phi) is 4.21. The number of hydrogen-bond acceptors (Lipinski definition) is 1. The van der Waals surface area contributed by atoms with Crippen molar-refractivity contribution in [2.45, 2.75) is 3.79 Å². The molecule has 14 heavy (non-hydrogen) atoms. The highest BCUT2D eigenvalue weighted by atomic mass is 35.6. The largest absolute Gasteiger partial charge is 0.289 e. The Balaban J connectivity index is 2.87. The first-order valence-corrected chi connectivity index (χ1v) is 6.75. The van der Waals surface area contributed by atoms with E-state index in [1.54, 1.807) is 6.66 Å². The van der Waals surface area contributed by atoms with Crippen molar-refractivity contribution in [2.24, 2.45) is 0 Å². The molecule has 0 saturated carbocycles. The van der Waals surface area contributed by atoms with Gasteiger partial charge in [-0.3, -0.25) is 4.79 Å². The molecule has 5 heteroatoms. The second-order valence-corrected chi connectivity index (χ2v) is 7.02. The molecule has 0 radical (unpaired) electrons. The Morgan fingerprint density at radius 3 is 2.14 bits per heavy atom. The summed E-state index contributed by atoms with van der Waals surface area (Å²) in [6.07, 6.45) is 0. The molecule has 76 valence electrons. The third kappa shape index (κ3) is 3.10. The van der Waals surface area contributed by atoms with Crippen LogP contribution in [0.4, 0.5) is 0 Å². The minimum atomic E-state index is -1.81. The van der Waals surface area contributed by atoms with Gasteiger partial charge >= 0.3 is 0 Å². The summed E-state index contributed by atoms with van der Waals surface area (Å²) in [5, 5.41) is 0.916. The average Bonchev–Trinajstić information content (AvgIpc) is 2.15. The average molecular weight is 269 g/mol. The van der Waals surface area contributed by atoms with Crippen molar-refractivity contribution in [2.75, 3.05) is 6.66 Å². The fourth-order valence-electron chi connectivity index (χ4n) is 0.959. The monoisotopic (exact) mass is 268 g/mol. The maximum atomic E-state index is 11.6. The molecule has 0 saturated heterocycles. The van der Waals surface area contributed by atoms with E-state index in [0.29, 0.717) is 0 Å². The standard InChI is InChI=1S/C9H8Cl3OP/c1-14(8(13)9(10,11)12)7-5-3-2-4-6-7/h2-6H,1H3. The van der Waals surface area contributed by atoms with Crippen molar-refractivity contribution in [3.8, 4) is 0 Å². The molecule has 0 bridgehead atoms. The molecule has 1 aromatic carbocycles. The fraction of sp³-hybridized carbons (Fsp3) is 0.222. The molecule has 0 aliphatic rings. The van der Waals surface area contributed by atoms with E-state index in [1.807, 2.05) is 30.3 Å². The van der Waals surface area contributed by atoms with Gasteiger partial charge in [-0.1, -0.05) is 65.1 Å². The lowest BCUT2D eigenvalue weighted by atomic mass is 10.4. The topological polar surface area (TPSA) is 17.1 Å². The first kappa shape index (κ1) is 12.3. The number of halogens is 3. The minimum Gasteiger partial charge on any atom is -0.289 e. The van der Waals surface area contributed by atoms with Gasteiger partial charge in [0, 0.05) is 0 Å². The van der Waals surface area contributed by atoms with E-state index in [-0.39, 0.29) is 5.52 Å². The normalized spacial score (nSPS) is 13.7. The number of carbonyl (C=O) groups excluding carboxylic acids is 1. The van der Waals surface area contributed by atoms with Gasteiger partial charge in [0.05, 0.1) is 0 Å². The summed E-state index contributed by atoms with van der Waals surface area (Å²) in [5.41, 5.74) is -0.344. The van der Waals surface area contributed by atoms with Crippen LogP contribution in [0.2, 0.25) is 0 Å². The highest BCUT2D eigenvalue weighted by molar-refractivity contribution is 7.81. The summed E-state index contributed by atoms with van der Waals surface area (Å²) in [6.45, 7) is 1.79. The number of alkyl halides is 3.